The van der Waals surface area contributed by atoms with Gasteiger partial charge in [-0.15, -0.1) is 0 Å². The molecule has 0 heterocycles. The van der Waals surface area contributed by atoms with E-state index >= 15 is 0 Å². The van der Waals surface area contributed by atoms with Crippen LogP contribution < -0.4 is 5.32 Å². The molecule has 0 spiro atoms. The predicted octanol–water partition coefficient (Wildman–Crippen LogP) is 4.16. The van der Waals surface area contributed by atoms with Crippen LogP contribution in [-0.2, 0) is 21.6 Å². The first-order chi connectivity index (χ1) is 11.6. The van der Waals surface area contributed by atoms with Gasteiger partial charge in [0.1, 0.15) is 12.2 Å². The van der Waals surface area contributed by atoms with Crippen LogP contribution in [0.4, 0.5) is 5.69 Å². The van der Waals surface area contributed by atoms with Crippen LogP contribution in [0.1, 0.15) is 69.9 Å². The standard InChI is InChI=1S/C20H31NO3/c1-3-5-9-16-14-17(21-4-2)10-11-18(16)20(24-19(23)15-22)12-7-6-8-13-20/h10-11,14,21-22H,3-9,12-13,15H2,1-2H3. The van der Waals surface area contributed by atoms with Crippen LogP contribution in [-0.4, -0.2) is 24.2 Å². The molecule has 24 heavy (non-hydrogen) atoms. The number of aryl methyl sites for hydroxylation is 1. The molecule has 0 radical (unpaired) electrons. The van der Waals surface area contributed by atoms with Gasteiger partial charge in [-0.05, 0) is 68.7 Å². The number of benzene rings is 1. The Morgan fingerprint density at radius 1 is 1.25 bits per heavy atom. The van der Waals surface area contributed by atoms with Crippen molar-refractivity contribution in [2.75, 3.05) is 18.5 Å². The van der Waals surface area contributed by atoms with E-state index in [0.717, 1.165) is 62.7 Å². The van der Waals surface area contributed by atoms with E-state index in [9.17, 15) is 4.79 Å². The minimum Gasteiger partial charge on any atom is -0.452 e. The van der Waals surface area contributed by atoms with Crippen molar-refractivity contribution in [3.05, 3.63) is 29.3 Å². The molecule has 0 aromatic heterocycles. The minimum absolute atomic E-state index is 0.519. The highest BCUT2D eigenvalue weighted by Gasteiger charge is 2.39. The predicted molar refractivity (Wildman–Crippen MR) is 97.2 cm³/mol. The van der Waals surface area contributed by atoms with Crippen molar-refractivity contribution in [1.82, 2.24) is 0 Å². The summed E-state index contributed by atoms with van der Waals surface area (Å²) < 4.78 is 5.83. The zero-order valence-corrected chi connectivity index (χ0v) is 15.1. The summed E-state index contributed by atoms with van der Waals surface area (Å²) in [5.41, 5.74) is 2.96. The third kappa shape index (κ3) is 4.50. The Hall–Kier alpha value is -1.55. The Morgan fingerprint density at radius 2 is 2.00 bits per heavy atom. The number of rotatable bonds is 8. The monoisotopic (exact) mass is 333 g/mol. The SMILES string of the molecule is CCCCc1cc(NCC)ccc1C1(OC(=O)CO)CCCCC1. The third-order valence-corrected chi connectivity index (χ3v) is 4.88. The summed E-state index contributed by atoms with van der Waals surface area (Å²) in [5, 5.41) is 12.5. The second kappa shape index (κ2) is 9.07. The van der Waals surface area contributed by atoms with Crippen molar-refractivity contribution in [1.29, 1.82) is 0 Å². The second-order valence-corrected chi connectivity index (χ2v) is 6.69. The van der Waals surface area contributed by atoms with Crippen LogP contribution in [0.3, 0.4) is 0 Å². The number of carbonyl (C=O) groups is 1. The largest absolute Gasteiger partial charge is 0.452 e. The molecule has 0 saturated heterocycles. The van der Waals surface area contributed by atoms with E-state index in [1.807, 2.05) is 0 Å². The van der Waals surface area contributed by atoms with Crippen molar-refractivity contribution < 1.29 is 14.6 Å². The van der Waals surface area contributed by atoms with Gasteiger partial charge in [-0.2, -0.15) is 0 Å². The molecule has 1 fully saturated rings. The quantitative estimate of drug-likeness (QED) is 0.702. The van der Waals surface area contributed by atoms with E-state index in [4.69, 9.17) is 9.84 Å². The first kappa shape index (κ1) is 18.8. The summed E-state index contributed by atoms with van der Waals surface area (Å²) in [6.45, 7) is 4.61. The van der Waals surface area contributed by atoms with E-state index in [2.05, 4.69) is 37.4 Å². The molecule has 4 heteroatoms. The van der Waals surface area contributed by atoms with Crippen molar-refractivity contribution >= 4 is 11.7 Å². The number of unbranched alkanes of at least 4 members (excludes halogenated alkanes) is 1. The summed E-state index contributed by atoms with van der Waals surface area (Å²) in [5.74, 6) is -0.519. The second-order valence-electron chi connectivity index (χ2n) is 6.69. The molecular weight excluding hydrogens is 302 g/mol. The smallest absolute Gasteiger partial charge is 0.332 e. The average Bonchev–Trinajstić information content (AvgIpc) is 2.61. The summed E-state index contributed by atoms with van der Waals surface area (Å²) >= 11 is 0. The first-order valence-corrected chi connectivity index (χ1v) is 9.35. The molecule has 0 unspecified atom stereocenters. The average molecular weight is 333 g/mol. The van der Waals surface area contributed by atoms with Gasteiger partial charge in [0.15, 0.2) is 0 Å². The lowest BCUT2D eigenvalue weighted by molar-refractivity contribution is -0.168. The Kier molecular flexibility index (Phi) is 7.10. The summed E-state index contributed by atoms with van der Waals surface area (Å²) in [4.78, 5) is 11.9. The molecule has 0 aliphatic heterocycles. The molecule has 1 aromatic carbocycles. The lowest BCUT2D eigenvalue weighted by atomic mass is 9.76. The molecule has 2 rings (SSSR count). The highest BCUT2D eigenvalue weighted by molar-refractivity contribution is 5.71. The molecule has 1 saturated carbocycles. The minimum atomic E-state index is -0.564. The van der Waals surface area contributed by atoms with Gasteiger partial charge < -0.3 is 15.2 Å². The van der Waals surface area contributed by atoms with Crippen molar-refractivity contribution in [3.63, 3.8) is 0 Å². The molecule has 1 aliphatic rings. The van der Waals surface area contributed by atoms with Gasteiger partial charge in [-0.25, -0.2) is 4.79 Å². The number of carbonyl (C=O) groups excluding carboxylic acids is 1. The maximum atomic E-state index is 11.9. The molecular formula is C20H31NO3. The number of anilines is 1. The maximum Gasteiger partial charge on any atom is 0.332 e. The van der Waals surface area contributed by atoms with E-state index in [1.54, 1.807) is 0 Å². The normalized spacial score (nSPS) is 16.6. The van der Waals surface area contributed by atoms with E-state index in [-0.39, 0.29) is 0 Å². The van der Waals surface area contributed by atoms with E-state index < -0.39 is 18.2 Å². The van der Waals surface area contributed by atoms with E-state index in [1.165, 1.54) is 12.0 Å². The van der Waals surface area contributed by atoms with Crippen molar-refractivity contribution in [2.24, 2.45) is 0 Å². The fourth-order valence-electron chi connectivity index (χ4n) is 3.73. The maximum absolute atomic E-state index is 11.9. The van der Waals surface area contributed by atoms with Crippen LogP contribution in [0.2, 0.25) is 0 Å². The highest BCUT2D eigenvalue weighted by atomic mass is 16.6. The zero-order chi connectivity index (χ0) is 17.4. The number of nitrogens with one attached hydrogen (secondary N) is 1. The van der Waals surface area contributed by atoms with Crippen LogP contribution in [0, 0.1) is 0 Å². The fraction of sp³-hybridized carbons (Fsp3) is 0.650. The first-order valence-electron chi connectivity index (χ1n) is 9.35. The Bertz CT molecular complexity index is 536. The number of ether oxygens (including phenoxy) is 1. The van der Waals surface area contributed by atoms with Gasteiger partial charge in [0.25, 0.3) is 0 Å². The van der Waals surface area contributed by atoms with Crippen LogP contribution in [0.15, 0.2) is 18.2 Å². The van der Waals surface area contributed by atoms with Gasteiger partial charge in [0.05, 0.1) is 0 Å². The Labute approximate surface area is 145 Å². The number of aliphatic hydroxyl groups excluding tert-OH is 1. The van der Waals surface area contributed by atoms with Crippen LogP contribution >= 0.6 is 0 Å². The van der Waals surface area contributed by atoms with Crippen LogP contribution in [0.25, 0.3) is 0 Å². The Balaban J connectivity index is 2.40. The van der Waals surface area contributed by atoms with Gasteiger partial charge in [0, 0.05) is 12.2 Å². The molecule has 0 bridgehead atoms. The van der Waals surface area contributed by atoms with Gasteiger partial charge >= 0.3 is 5.97 Å². The lowest BCUT2D eigenvalue weighted by Gasteiger charge is -2.38. The zero-order valence-electron chi connectivity index (χ0n) is 15.1. The number of hydrogen-bond acceptors (Lipinski definition) is 4. The molecule has 0 atom stereocenters. The topological polar surface area (TPSA) is 58.6 Å². The fourth-order valence-corrected chi connectivity index (χ4v) is 3.73. The van der Waals surface area contributed by atoms with Crippen molar-refractivity contribution in [2.45, 2.75) is 70.8 Å². The van der Waals surface area contributed by atoms with E-state index in [0.29, 0.717) is 0 Å². The Morgan fingerprint density at radius 3 is 2.62 bits per heavy atom. The molecule has 4 nitrogen and oxygen atoms in total. The van der Waals surface area contributed by atoms with Gasteiger partial charge in [-0.3, -0.25) is 0 Å². The summed E-state index contributed by atoms with van der Waals surface area (Å²) in [6, 6.07) is 6.41. The summed E-state index contributed by atoms with van der Waals surface area (Å²) in [6.07, 6.45) is 8.22. The van der Waals surface area contributed by atoms with Crippen molar-refractivity contribution in [3.8, 4) is 0 Å². The van der Waals surface area contributed by atoms with Gasteiger partial charge in [-0.1, -0.05) is 25.8 Å². The van der Waals surface area contributed by atoms with Crippen LogP contribution in [0.5, 0.6) is 0 Å². The van der Waals surface area contributed by atoms with Gasteiger partial charge in [0.2, 0.25) is 0 Å². The summed E-state index contributed by atoms with van der Waals surface area (Å²) in [7, 11) is 0. The third-order valence-electron chi connectivity index (χ3n) is 4.88. The lowest BCUT2D eigenvalue weighted by Crippen LogP contribution is -2.36. The molecule has 1 aromatic rings. The molecule has 1 aliphatic carbocycles. The molecule has 2 N–H and O–H groups in total. The molecule has 134 valence electrons. The number of hydrogen-bond donors (Lipinski definition) is 2. The molecule has 0 amide bonds. The highest BCUT2D eigenvalue weighted by Crippen LogP contribution is 2.43. The number of esters is 1. The number of aliphatic hydroxyl groups is 1.